The molecule has 2 heterocycles. The van der Waals surface area contributed by atoms with Crippen LogP contribution in [0.1, 0.15) is 77.5 Å². The van der Waals surface area contributed by atoms with Gasteiger partial charge in [0.1, 0.15) is 5.75 Å². The second kappa shape index (κ2) is 5.83. The molecular formula is C25H32O2. The summed E-state index contributed by atoms with van der Waals surface area (Å²) in [4.78, 5) is 13.4. The molecule has 1 aromatic rings. The standard InChI is InChI=1S/C25H32O2/c1-23(2,3)19-12-16-8-7-9-18-14-20(24(4,5)6)15-25(22(18)26)11-10-17(13-19)21(16)27-25/h12-15H,7-11H2,1-6H3. The van der Waals surface area contributed by atoms with Crippen molar-refractivity contribution in [1.82, 2.24) is 0 Å². The number of ether oxygens (including phenoxy) is 1. The molecule has 2 aliphatic heterocycles. The van der Waals surface area contributed by atoms with Crippen molar-refractivity contribution in [1.29, 1.82) is 0 Å². The lowest BCUT2D eigenvalue weighted by Gasteiger charge is -2.40. The smallest absolute Gasteiger partial charge is 0.206 e. The molecule has 1 aliphatic carbocycles. The van der Waals surface area contributed by atoms with Crippen LogP contribution in [0.15, 0.2) is 35.4 Å². The van der Waals surface area contributed by atoms with E-state index in [4.69, 9.17) is 4.74 Å². The number of benzene rings is 1. The van der Waals surface area contributed by atoms with Crippen LogP contribution in [0, 0.1) is 5.41 Å². The fraction of sp³-hybridized carbons (Fsp3) is 0.560. The maximum atomic E-state index is 13.4. The molecule has 4 rings (SSSR count). The van der Waals surface area contributed by atoms with Crippen molar-refractivity contribution < 1.29 is 9.53 Å². The van der Waals surface area contributed by atoms with Crippen LogP contribution >= 0.6 is 0 Å². The van der Waals surface area contributed by atoms with Crippen molar-refractivity contribution in [3.63, 3.8) is 0 Å². The van der Waals surface area contributed by atoms with Gasteiger partial charge in [0.25, 0.3) is 0 Å². The van der Waals surface area contributed by atoms with Crippen LogP contribution in [-0.2, 0) is 23.1 Å². The molecule has 3 aliphatic rings. The highest BCUT2D eigenvalue weighted by atomic mass is 16.5. The van der Waals surface area contributed by atoms with Gasteiger partial charge in [0.05, 0.1) is 0 Å². The highest BCUT2D eigenvalue weighted by Gasteiger charge is 2.47. The van der Waals surface area contributed by atoms with Gasteiger partial charge in [-0.25, -0.2) is 0 Å². The van der Waals surface area contributed by atoms with Crippen molar-refractivity contribution in [3.8, 4) is 5.75 Å². The second-order valence-corrected chi connectivity index (χ2v) is 10.6. The first kappa shape index (κ1) is 18.5. The van der Waals surface area contributed by atoms with Gasteiger partial charge in [0, 0.05) is 12.0 Å². The van der Waals surface area contributed by atoms with Crippen LogP contribution in [0.3, 0.4) is 0 Å². The van der Waals surface area contributed by atoms with Gasteiger partial charge in [-0.1, -0.05) is 59.8 Å². The molecule has 1 atom stereocenters. The Hall–Kier alpha value is -1.83. The molecular weight excluding hydrogens is 332 g/mol. The summed E-state index contributed by atoms with van der Waals surface area (Å²) >= 11 is 0. The number of Topliss-reactive ketones (excluding diaryl/α,β-unsaturated/α-hetero) is 1. The molecule has 2 heteroatoms. The highest BCUT2D eigenvalue weighted by molar-refractivity contribution is 6.05. The Morgan fingerprint density at radius 2 is 1.59 bits per heavy atom. The Balaban J connectivity index is 1.89. The summed E-state index contributed by atoms with van der Waals surface area (Å²) in [6, 6.07) is 4.63. The van der Waals surface area contributed by atoms with Crippen LogP contribution in [0.4, 0.5) is 0 Å². The second-order valence-electron chi connectivity index (χ2n) is 10.6. The van der Waals surface area contributed by atoms with Gasteiger partial charge >= 0.3 is 0 Å². The zero-order chi connectivity index (χ0) is 19.6. The fourth-order valence-corrected chi connectivity index (χ4v) is 4.48. The number of aryl methyl sites for hydroxylation is 2. The summed E-state index contributed by atoms with van der Waals surface area (Å²) in [5.74, 6) is 1.17. The van der Waals surface area contributed by atoms with Crippen molar-refractivity contribution >= 4 is 5.78 Å². The molecule has 27 heavy (non-hydrogen) atoms. The molecule has 0 amide bonds. The monoisotopic (exact) mass is 364 g/mol. The third-order valence-corrected chi connectivity index (χ3v) is 6.31. The third kappa shape index (κ3) is 3.07. The van der Waals surface area contributed by atoms with E-state index in [1.54, 1.807) is 0 Å². The molecule has 0 saturated carbocycles. The van der Waals surface area contributed by atoms with E-state index in [1.165, 1.54) is 22.3 Å². The first-order valence-electron chi connectivity index (χ1n) is 10.3. The van der Waals surface area contributed by atoms with E-state index in [9.17, 15) is 4.79 Å². The lowest BCUT2D eigenvalue weighted by atomic mass is 9.73. The number of fused-ring (bicyclic) bond motifs is 1. The minimum absolute atomic E-state index is 0.00949. The van der Waals surface area contributed by atoms with Gasteiger partial charge in [-0.15, -0.1) is 0 Å². The fourth-order valence-electron chi connectivity index (χ4n) is 4.48. The zero-order valence-electron chi connectivity index (χ0n) is 17.7. The van der Waals surface area contributed by atoms with Crippen molar-refractivity contribution in [2.24, 2.45) is 5.41 Å². The molecule has 0 fully saturated rings. The van der Waals surface area contributed by atoms with Gasteiger partial charge in [0.15, 0.2) is 5.60 Å². The molecule has 0 aromatic heterocycles. The zero-order valence-corrected chi connectivity index (χ0v) is 17.7. The number of hydrogen-bond donors (Lipinski definition) is 0. The molecule has 1 aromatic carbocycles. The van der Waals surface area contributed by atoms with Crippen LogP contribution in [-0.4, -0.2) is 11.4 Å². The summed E-state index contributed by atoms with van der Waals surface area (Å²) in [6.45, 7) is 13.4. The summed E-state index contributed by atoms with van der Waals surface area (Å²) in [6.07, 6.45) is 8.72. The third-order valence-electron chi connectivity index (χ3n) is 6.31. The van der Waals surface area contributed by atoms with E-state index < -0.39 is 5.60 Å². The van der Waals surface area contributed by atoms with Gasteiger partial charge in [-0.3, -0.25) is 4.79 Å². The van der Waals surface area contributed by atoms with Crippen molar-refractivity contribution in [2.45, 2.75) is 84.7 Å². The lowest BCUT2D eigenvalue weighted by Crippen LogP contribution is -2.48. The summed E-state index contributed by atoms with van der Waals surface area (Å²) in [7, 11) is 0. The maximum Gasteiger partial charge on any atom is 0.206 e. The summed E-state index contributed by atoms with van der Waals surface area (Å²) in [5.41, 5.74) is 5.44. The molecule has 0 saturated heterocycles. The summed E-state index contributed by atoms with van der Waals surface area (Å²) in [5, 5.41) is 0. The number of carbonyl (C=O) groups is 1. The normalized spacial score (nSPS) is 24.9. The molecule has 0 N–H and O–H groups in total. The number of hydrogen-bond acceptors (Lipinski definition) is 2. The van der Waals surface area contributed by atoms with E-state index in [2.05, 4.69) is 65.8 Å². The average Bonchev–Trinajstić information content (AvgIpc) is 2.59. The Morgan fingerprint density at radius 1 is 0.926 bits per heavy atom. The molecule has 1 spiro atoms. The predicted molar refractivity (Wildman–Crippen MR) is 110 cm³/mol. The largest absolute Gasteiger partial charge is 0.474 e. The summed E-state index contributed by atoms with van der Waals surface area (Å²) < 4.78 is 6.63. The molecule has 144 valence electrons. The van der Waals surface area contributed by atoms with Gasteiger partial charge < -0.3 is 4.74 Å². The number of ketones is 1. The Labute approximate surface area is 163 Å². The van der Waals surface area contributed by atoms with Crippen LogP contribution in [0.5, 0.6) is 5.75 Å². The minimum Gasteiger partial charge on any atom is -0.474 e. The Bertz CT molecular complexity index is 871. The van der Waals surface area contributed by atoms with Crippen molar-refractivity contribution in [2.75, 3.05) is 0 Å². The average molecular weight is 365 g/mol. The quantitative estimate of drug-likeness (QED) is 0.576. The topological polar surface area (TPSA) is 26.3 Å². The highest BCUT2D eigenvalue weighted by Crippen LogP contribution is 2.46. The number of rotatable bonds is 0. The van der Waals surface area contributed by atoms with Gasteiger partial charge in [0.2, 0.25) is 5.78 Å². The molecule has 0 radical (unpaired) electrons. The van der Waals surface area contributed by atoms with E-state index in [0.29, 0.717) is 0 Å². The first-order valence-corrected chi connectivity index (χ1v) is 10.3. The van der Waals surface area contributed by atoms with E-state index in [-0.39, 0.29) is 16.6 Å². The lowest BCUT2D eigenvalue weighted by molar-refractivity contribution is -0.128. The molecule has 1 unspecified atom stereocenters. The first-order chi connectivity index (χ1) is 12.5. The van der Waals surface area contributed by atoms with Crippen molar-refractivity contribution in [3.05, 3.63) is 52.1 Å². The van der Waals surface area contributed by atoms with E-state index in [1.807, 2.05) is 0 Å². The molecule has 3 bridgehead atoms. The molecule has 2 nitrogen and oxygen atoms in total. The SMILES string of the molecule is CC(C)(C)C1=CC23CCc4cc(C(C)(C)C)cc(c4O2)CCCC(=C1)C3=O. The van der Waals surface area contributed by atoms with Gasteiger partial charge in [-0.2, -0.15) is 0 Å². The number of carbonyl (C=O) groups excluding carboxylic acids is 1. The van der Waals surface area contributed by atoms with Gasteiger partial charge in [-0.05, 0) is 64.9 Å². The van der Waals surface area contributed by atoms with E-state index >= 15 is 0 Å². The predicted octanol–water partition coefficient (Wildman–Crippen LogP) is 5.87. The Morgan fingerprint density at radius 3 is 2.22 bits per heavy atom. The van der Waals surface area contributed by atoms with Crippen LogP contribution < -0.4 is 4.74 Å². The minimum atomic E-state index is -0.804. The maximum absolute atomic E-state index is 13.4. The Kier molecular flexibility index (Phi) is 4.00. The van der Waals surface area contributed by atoms with Crippen LogP contribution in [0.25, 0.3) is 0 Å². The number of allylic oxidation sites excluding steroid dienone is 2. The van der Waals surface area contributed by atoms with E-state index in [0.717, 1.165) is 43.4 Å². The van der Waals surface area contributed by atoms with Crippen LogP contribution in [0.2, 0.25) is 0 Å².